The Morgan fingerprint density at radius 2 is 2.43 bits per heavy atom. The van der Waals surface area contributed by atoms with E-state index in [1.165, 1.54) is 0 Å². The van der Waals surface area contributed by atoms with Gasteiger partial charge in [-0.05, 0) is 0 Å². The topological polar surface area (TPSA) is 43.1 Å². The van der Waals surface area contributed by atoms with Crippen LogP contribution in [-0.2, 0) is 0 Å². The second kappa shape index (κ2) is 2.96. The number of halogens is 1. The van der Waals surface area contributed by atoms with E-state index in [1.807, 2.05) is 0 Å². The summed E-state index contributed by atoms with van der Waals surface area (Å²) < 4.78 is 0. The molecule has 1 unspecified atom stereocenters. The molecule has 1 atom stereocenters. The number of hydrogen-bond acceptors (Lipinski definition) is 2. The fourth-order valence-corrected chi connectivity index (χ4v) is 0.293. The normalized spacial score (nSPS) is 13.4. The Labute approximate surface area is 50.0 Å². The van der Waals surface area contributed by atoms with Crippen molar-refractivity contribution in [3.05, 3.63) is 17.0 Å². The Bertz CT molecular complexity index is 75.3. The van der Waals surface area contributed by atoms with Gasteiger partial charge in [0.2, 0.25) is 6.04 Å². The van der Waals surface area contributed by atoms with Crippen molar-refractivity contribution >= 4 is 15.9 Å². The molecular weight excluding hydrogens is 162 g/mol. The van der Waals surface area contributed by atoms with Crippen LogP contribution in [0.25, 0.3) is 0 Å². The lowest BCUT2D eigenvalue weighted by molar-refractivity contribution is -0.504. The number of nitro groups is 1. The van der Waals surface area contributed by atoms with Crippen LogP contribution in [0.15, 0.2) is 0 Å². The van der Waals surface area contributed by atoms with E-state index in [1.54, 1.807) is 0 Å². The van der Waals surface area contributed by atoms with E-state index in [9.17, 15) is 10.1 Å². The highest BCUT2D eigenvalue weighted by molar-refractivity contribution is 9.09. The zero-order valence-electron chi connectivity index (χ0n) is 3.63. The molecule has 4 heteroatoms. The molecule has 0 saturated carbocycles. The van der Waals surface area contributed by atoms with Crippen molar-refractivity contribution in [1.82, 2.24) is 0 Å². The smallest absolute Gasteiger partial charge is 0.222 e. The van der Waals surface area contributed by atoms with Gasteiger partial charge in [0.25, 0.3) is 0 Å². The third-order valence-electron chi connectivity index (χ3n) is 0.476. The first-order chi connectivity index (χ1) is 3.18. The van der Waals surface area contributed by atoms with Crippen molar-refractivity contribution in [2.24, 2.45) is 0 Å². The van der Waals surface area contributed by atoms with Gasteiger partial charge in [0, 0.05) is 11.8 Å². The van der Waals surface area contributed by atoms with Gasteiger partial charge in [0.1, 0.15) is 0 Å². The average molecular weight is 167 g/mol. The molecule has 0 aliphatic carbocycles. The summed E-state index contributed by atoms with van der Waals surface area (Å²) in [6, 6.07) is -0.708. The third-order valence-corrected chi connectivity index (χ3v) is 1.22. The highest BCUT2D eigenvalue weighted by atomic mass is 79.9. The van der Waals surface area contributed by atoms with Gasteiger partial charge >= 0.3 is 0 Å². The first-order valence-electron chi connectivity index (χ1n) is 1.71. The quantitative estimate of drug-likeness (QED) is 0.347. The van der Waals surface area contributed by atoms with E-state index >= 15 is 0 Å². The van der Waals surface area contributed by atoms with E-state index in [0.717, 1.165) is 0 Å². The largest absolute Gasteiger partial charge is 0.264 e. The van der Waals surface area contributed by atoms with Gasteiger partial charge in [0.05, 0.1) is 5.33 Å². The molecular formula is C3H5BrNO2. The van der Waals surface area contributed by atoms with Gasteiger partial charge in [-0.2, -0.15) is 0 Å². The first kappa shape index (κ1) is 6.88. The number of hydrogen-bond donors (Lipinski definition) is 0. The SMILES string of the molecule is [CH2]C(CBr)[N+](=O)[O-]. The average Bonchev–Trinajstić information content (AvgIpc) is 1.65. The van der Waals surface area contributed by atoms with Crippen molar-refractivity contribution < 1.29 is 4.92 Å². The fraction of sp³-hybridized carbons (Fsp3) is 0.667. The molecule has 0 saturated heterocycles. The summed E-state index contributed by atoms with van der Waals surface area (Å²) in [6.07, 6.45) is 0. The summed E-state index contributed by atoms with van der Waals surface area (Å²) in [5.41, 5.74) is 0. The third kappa shape index (κ3) is 2.56. The maximum Gasteiger partial charge on any atom is 0.222 e. The minimum absolute atomic E-state index is 0.319. The molecule has 0 aromatic carbocycles. The Kier molecular flexibility index (Phi) is 2.91. The summed E-state index contributed by atoms with van der Waals surface area (Å²) in [5, 5.41) is 9.96. The predicted molar refractivity (Wildman–Crippen MR) is 29.9 cm³/mol. The molecule has 0 N–H and O–H groups in total. The van der Waals surface area contributed by atoms with Crippen molar-refractivity contribution in [2.45, 2.75) is 6.04 Å². The highest BCUT2D eigenvalue weighted by Crippen LogP contribution is 1.91. The van der Waals surface area contributed by atoms with E-state index in [4.69, 9.17) is 0 Å². The van der Waals surface area contributed by atoms with Crippen LogP contribution in [0, 0.1) is 17.0 Å². The lowest BCUT2D eigenvalue weighted by Gasteiger charge is -1.93. The molecule has 0 aromatic rings. The van der Waals surface area contributed by atoms with Gasteiger partial charge in [-0.3, -0.25) is 10.1 Å². The maximum absolute atomic E-state index is 9.64. The lowest BCUT2D eigenvalue weighted by atomic mass is 10.4. The van der Waals surface area contributed by atoms with E-state index in [0.29, 0.717) is 5.33 Å². The van der Waals surface area contributed by atoms with Crippen molar-refractivity contribution in [3.63, 3.8) is 0 Å². The highest BCUT2D eigenvalue weighted by Gasteiger charge is 2.07. The molecule has 0 rings (SSSR count). The van der Waals surface area contributed by atoms with Crippen molar-refractivity contribution in [3.8, 4) is 0 Å². The summed E-state index contributed by atoms with van der Waals surface area (Å²) in [5.74, 6) is 0. The van der Waals surface area contributed by atoms with E-state index in [-0.39, 0.29) is 0 Å². The van der Waals surface area contributed by atoms with Crippen molar-refractivity contribution in [1.29, 1.82) is 0 Å². The second-order valence-electron chi connectivity index (χ2n) is 1.09. The molecule has 0 aromatic heterocycles. The van der Waals surface area contributed by atoms with E-state index < -0.39 is 11.0 Å². The minimum atomic E-state index is -0.708. The Balaban J connectivity index is 3.34. The van der Waals surface area contributed by atoms with Gasteiger partial charge < -0.3 is 0 Å². The Hall–Kier alpha value is -0.120. The van der Waals surface area contributed by atoms with Crippen LogP contribution in [0.2, 0.25) is 0 Å². The molecule has 0 spiro atoms. The maximum atomic E-state index is 9.64. The number of nitrogens with zero attached hydrogens (tertiary/aromatic N) is 1. The zero-order chi connectivity index (χ0) is 5.86. The van der Waals surface area contributed by atoms with Crippen LogP contribution >= 0.6 is 15.9 Å². The molecule has 7 heavy (non-hydrogen) atoms. The first-order valence-corrected chi connectivity index (χ1v) is 2.83. The Morgan fingerprint density at radius 1 is 2.00 bits per heavy atom. The van der Waals surface area contributed by atoms with Gasteiger partial charge in [-0.25, -0.2) is 0 Å². The summed E-state index contributed by atoms with van der Waals surface area (Å²) in [4.78, 5) is 9.21. The molecule has 1 radical (unpaired) electrons. The van der Waals surface area contributed by atoms with Crippen LogP contribution in [0.1, 0.15) is 0 Å². The lowest BCUT2D eigenvalue weighted by Crippen LogP contribution is -2.15. The second-order valence-corrected chi connectivity index (χ2v) is 1.74. The summed E-state index contributed by atoms with van der Waals surface area (Å²) in [7, 11) is 0. The summed E-state index contributed by atoms with van der Waals surface area (Å²) in [6.45, 7) is 3.21. The summed E-state index contributed by atoms with van der Waals surface area (Å²) >= 11 is 2.91. The number of alkyl halides is 1. The molecule has 3 nitrogen and oxygen atoms in total. The van der Waals surface area contributed by atoms with Gasteiger partial charge in [0.15, 0.2) is 0 Å². The molecule has 0 fully saturated rings. The van der Waals surface area contributed by atoms with Gasteiger partial charge in [-0.1, -0.05) is 15.9 Å². The van der Waals surface area contributed by atoms with Crippen LogP contribution in [0.4, 0.5) is 0 Å². The van der Waals surface area contributed by atoms with Crippen LogP contribution in [-0.4, -0.2) is 16.3 Å². The zero-order valence-corrected chi connectivity index (χ0v) is 5.22. The van der Waals surface area contributed by atoms with Crippen molar-refractivity contribution in [2.75, 3.05) is 5.33 Å². The fourth-order valence-electron chi connectivity index (χ4n) is 0.0563. The van der Waals surface area contributed by atoms with Crippen LogP contribution < -0.4 is 0 Å². The monoisotopic (exact) mass is 166 g/mol. The Morgan fingerprint density at radius 3 is 2.43 bits per heavy atom. The van der Waals surface area contributed by atoms with Crippen LogP contribution in [0.5, 0.6) is 0 Å². The molecule has 41 valence electrons. The van der Waals surface area contributed by atoms with Gasteiger partial charge in [-0.15, -0.1) is 0 Å². The van der Waals surface area contributed by atoms with Crippen LogP contribution in [0.3, 0.4) is 0 Å². The molecule has 0 bridgehead atoms. The minimum Gasteiger partial charge on any atom is -0.264 e. The molecule has 0 heterocycles. The standard InChI is InChI=1S/C3H5BrNO2/c1-3(2-4)5(6)7/h3H,1-2H2. The molecule has 0 aliphatic heterocycles. The molecule has 0 aliphatic rings. The van der Waals surface area contributed by atoms with E-state index in [2.05, 4.69) is 22.9 Å². The predicted octanol–water partition coefficient (Wildman–Crippen LogP) is 0.861. The molecule has 0 amide bonds. The number of rotatable bonds is 2.